The van der Waals surface area contributed by atoms with Crippen molar-refractivity contribution in [2.75, 3.05) is 0 Å². The topological polar surface area (TPSA) is 141 Å². The lowest BCUT2D eigenvalue weighted by Gasteiger charge is -2.36. The Morgan fingerprint density at radius 1 is 0.930 bits per heavy atom. The number of thiocarbonyl (C=S) groups is 1. The Kier molecular flexibility index (Phi) is 7.15. The number of aryl methyl sites for hydroxylation is 1. The van der Waals surface area contributed by atoms with E-state index >= 15 is 0 Å². The van der Waals surface area contributed by atoms with Crippen LogP contribution in [0.1, 0.15) is 45.5 Å². The number of para-hydroxylation sites is 1. The first-order valence-corrected chi connectivity index (χ1v) is 13.8. The number of aromatic nitrogens is 1. The molecule has 7 rings (SSSR count). The maximum Gasteiger partial charge on any atom is 0.340 e. The molecule has 5 aromatic rings. The van der Waals surface area contributed by atoms with Gasteiger partial charge in [0.05, 0.1) is 16.4 Å². The van der Waals surface area contributed by atoms with Crippen LogP contribution < -0.4 is 4.74 Å². The van der Waals surface area contributed by atoms with Crippen molar-refractivity contribution in [1.82, 2.24) is 4.98 Å². The van der Waals surface area contributed by atoms with Gasteiger partial charge in [-0.05, 0) is 73.1 Å². The van der Waals surface area contributed by atoms with Crippen molar-refractivity contribution in [1.29, 1.82) is 0 Å². The van der Waals surface area contributed by atoms with Crippen molar-refractivity contribution in [2.24, 2.45) is 4.99 Å². The lowest BCUT2D eigenvalue weighted by Crippen LogP contribution is -2.32. The second kappa shape index (κ2) is 11.1. The van der Waals surface area contributed by atoms with Crippen LogP contribution in [0.3, 0.4) is 0 Å². The maximum absolute atomic E-state index is 12.8. The number of fused-ring (bicyclic) bond motifs is 7. The number of hydrogen-bond acceptors (Lipinski definition) is 8. The van der Waals surface area contributed by atoms with Gasteiger partial charge in [-0.1, -0.05) is 24.3 Å². The highest BCUT2D eigenvalue weighted by atomic mass is 32.1. The van der Waals surface area contributed by atoms with Gasteiger partial charge in [0.25, 0.3) is 0 Å². The minimum Gasteiger partial charge on any atom is -0.508 e. The van der Waals surface area contributed by atoms with Gasteiger partial charge >= 0.3 is 11.9 Å². The van der Waals surface area contributed by atoms with Gasteiger partial charge < -0.3 is 29.8 Å². The summed E-state index contributed by atoms with van der Waals surface area (Å²) in [4.78, 5) is 30.3. The number of isothiocyanates is 1. The number of ether oxygens (including phenoxy) is 2. The monoisotopic (exact) mass is 592 g/mol. The Morgan fingerprint density at radius 2 is 1.60 bits per heavy atom. The molecule has 1 spiro atoms. The fourth-order valence-electron chi connectivity index (χ4n) is 5.58. The van der Waals surface area contributed by atoms with E-state index in [1.165, 1.54) is 35.2 Å². The highest BCUT2D eigenvalue weighted by molar-refractivity contribution is 7.78. The second-order valence-electron chi connectivity index (χ2n) is 10.1. The number of benzene rings is 4. The Labute approximate surface area is 250 Å². The molecular formula is C33H24N2O7S. The lowest BCUT2D eigenvalue weighted by molar-refractivity contribution is -0.137. The molecule has 0 bridgehead atoms. The molecule has 0 saturated heterocycles. The molecule has 10 heteroatoms. The number of aromatic amines is 1. The second-order valence-corrected chi connectivity index (χ2v) is 10.3. The number of nitrogens with zero attached hydrogens (tertiary/aromatic N) is 1. The SMILES string of the molecule is O=C(O)CCCc1c[nH]c2ccccc12.O=C1OC2(c3ccc(O)cc3Oc3cc(O)ccc32)c2ccc(N=C=S)cc21. The Morgan fingerprint density at radius 3 is 2.28 bits per heavy atom. The standard InChI is InChI=1S/C21H11NO5S.C12H13NO2/c23-12-2-5-16-18(8-12)26-19-9-13(24)3-6-17(19)21(16)15-4-1-11(22-10-28)7-14(15)20(25)27-21;14-12(15)7-3-4-9-8-13-11-6-2-1-5-10(9)11/h1-9,23-24H;1-2,5-6,8,13H,3-4,7H2,(H,14,15). The number of carboxylic acids is 1. The van der Waals surface area contributed by atoms with Crippen molar-refractivity contribution in [3.8, 4) is 23.0 Å². The molecule has 0 radical (unpaired) electrons. The summed E-state index contributed by atoms with van der Waals surface area (Å²) >= 11 is 4.64. The molecular weight excluding hydrogens is 568 g/mol. The number of carboxylic acid groups (broad SMARTS) is 1. The third-order valence-electron chi connectivity index (χ3n) is 7.44. The number of aliphatic imine (C=N–C) groups is 1. The number of H-pyrrole nitrogens is 1. The fraction of sp³-hybridized carbons (Fsp3) is 0.121. The number of phenols is 2. The highest BCUT2D eigenvalue weighted by Gasteiger charge is 2.53. The first-order chi connectivity index (χ1) is 20.8. The third kappa shape index (κ3) is 4.99. The zero-order valence-corrected chi connectivity index (χ0v) is 23.4. The molecule has 3 heterocycles. The smallest absolute Gasteiger partial charge is 0.340 e. The maximum atomic E-state index is 12.8. The van der Waals surface area contributed by atoms with Gasteiger partial charge in [-0.2, -0.15) is 4.99 Å². The van der Waals surface area contributed by atoms with Gasteiger partial charge in [0.15, 0.2) is 5.60 Å². The summed E-state index contributed by atoms with van der Waals surface area (Å²) in [6.45, 7) is 0. The van der Waals surface area contributed by atoms with E-state index < -0.39 is 17.5 Å². The van der Waals surface area contributed by atoms with Gasteiger partial charge in [-0.25, -0.2) is 4.79 Å². The summed E-state index contributed by atoms with van der Waals surface area (Å²) in [5.41, 5.74) is 3.65. The predicted octanol–water partition coefficient (Wildman–Crippen LogP) is 6.98. The van der Waals surface area contributed by atoms with Crippen LogP contribution in [0, 0.1) is 0 Å². The van der Waals surface area contributed by atoms with Gasteiger partial charge in [0.1, 0.15) is 23.0 Å². The largest absolute Gasteiger partial charge is 0.508 e. The molecule has 2 aliphatic rings. The van der Waals surface area contributed by atoms with Gasteiger partial charge in [0.2, 0.25) is 0 Å². The van der Waals surface area contributed by atoms with Gasteiger partial charge in [-0.15, -0.1) is 0 Å². The van der Waals surface area contributed by atoms with Crippen LogP contribution in [-0.2, 0) is 21.6 Å². The summed E-state index contributed by atoms with van der Waals surface area (Å²) < 4.78 is 11.8. The van der Waals surface area contributed by atoms with Crippen molar-refractivity contribution in [2.45, 2.75) is 24.9 Å². The number of aliphatic carboxylic acids is 1. The number of aromatic hydroxyl groups is 2. The zero-order chi connectivity index (χ0) is 30.1. The first-order valence-electron chi connectivity index (χ1n) is 13.4. The van der Waals surface area contributed by atoms with Crippen molar-refractivity contribution in [3.63, 3.8) is 0 Å². The third-order valence-corrected chi connectivity index (χ3v) is 7.53. The van der Waals surface area contributed by atoms with Crippen molar-refractivity contribution in [3.05, 3.63) is 113 Å². The van der Waals surface area contributed by atoms with E-state index in [9.17, 15) is 19.8 Å². The van der Waals surface area contributed by atoms with Gasteiger partial charge in [-0.3, -0.25) is 4.79 Å². The summed E-state index contributed by atoms with van der Waals surface area (Å²) in [5, 5.41) is 31.8. The minimum absolute atomic E-state index is 0.00715. The Hall–Kier alpha value is -5.44. The van der Waals surface area contributed by atoms with E-state index in [1.54, 1.807) is 30.3 Å². The molecule has 43 heavy (non-hydrogen) atoms. The molecule has 2 aliphatic heterocycles. The number of nitrogens with one attached hydrogen (secondary N) is 1. The molecule has 4 aromatic carbocycles. The quantitative estimate of drug-likeness (QED) is 0.0974. The van der Waals surface area contributed by atoms with E-state index in [0.717, 1.165) is 11.9 Å². The summed E-state index contributed by atoms with van der Waals surface area (Å²) in [6.07, 6.45) is 3.71. The number of carbonyl (C=O) groups excluding carboxylic acids is 1. The van der Waals surface area contributed by atoms with E-state index in [-0.39, 0.29) is 17.9 Å². The number of carbonyl (C=O) groups is 2. The molecule has 1 aromatic heterocycles. The van der Waals surface area contributed by atoms with Crippen LogP contribution in [0.25, 0.3) is 10.9 Å². The van der Waals surface area contributed by atoms with Crippen molar-refractivity contribution < 1.29 is 34.4 Å². The molecule has 9 nitrogen and oxygen atoms in total. The van der Waals surface area contributed by atoms with Crippen LogP contribution in [0.4, 0.5) is 5.69 Å². The Balaban J connectivity index is 0.000000185. The minimum atomic E-state index is -1.27. The molecule has 214 valence electrons. The molecule has 0 saturated carbocycles. The molecule has 0 fully saturated rings. The normalized spacial score (nSPS) is 13.4. The van der Waals surface area contributed by atoms with Crippen molar-refractivity contribution >= 4 is 45.9 Å². The van der Waals surface area contributed by atoms with Crippen LogP contribution in [-0.4, -0.2) is 37.4 Å². The average molecular weight is 593 g/mol. The van der Waals surface area contributed by atoms with E-state index in [1.807, 2.05) is 24.4 Å². The number of hydrogen-bond donors (Lipinski definition) is 4. The number of rotatable bonds is 5. The first kappa shape index (κ1) is 27.7. The van der Waals surface area contributed by atoms with Crippen LogP contribution in [0.15, 0.2) is 90.1 Å². The molecule has 4 N–H and O–H groups in total. The van der Waals surface area contributed by atoms with Gasteiger partial charge in [0, 0.05) is 52.3 Å². The summed E-state index contributed by atoms with van der Waals surface area (Å²) in [6, 6.07) is 22.4. The average Bonchev–Trinajstić information content (AvgIpc) is 3.52. The number of phenolic OH excluding ortho intramolecular Hbond substituents is 2. The fourth-order valence-corrected chi connectivity index (χ4v) is 5.69. The van der Waals surface area contributed by atoms with E-state index in [4.69, 9.17) is 14.6 Å². The van der Waals surface area contributed by atoms with E-state index in [2.05, 4.69) is 33.4 Å². The predicted molar refractivity (Wildman–Crippen MR) is 162 cm³/mol. The lowest BCUT2D eigenvalue weighted by atomic mass is 9.77. The van der Waals surface area contributed by atoms with Crippen LogP contribution in [0.2, 0.25) is 0 Å². The summed E-state index contributed by atoms with van der Waals surface area (Å²) in [5.74, 6) is -0.564. The molecule has 0 amide bonds. The molecule has 0 unspecified atom stereocenters. The zero-order valence-electron chi connectivity index (χ0n) is 22.5. The Bertz CT molecular complexity index is 1910. The van der Waals surface area contributed by atoms with Crippen LogP contribution in [0.5, 0.6) is 23.0 Å². The van der Waals surface area contributed by atoms with E-state index in [0.29, 0.717) is 45.9 Å². The highest BCUT2D eigenvalue weighted by Crippen LogP contribution is 2.57. The molecule has 0 atom stereocenters. The summed E-state index contributed by atoms with van der Waals surface area (Å²) in [7, 11) is 0. The van der Waals surface area contributed by atoms with Crippen LogP contribution >= 0.6 is 12.2 Å². The number of esters is 1. The molecule has 0 aliphatic carbocycles.